The van der Waals surface area contributed by atoms with E-state index >= 15 is 0 Å². The normalized spacial score (nSPS) is 19.1. The molecule has 19 heavy (non-hydrogen) atoms. The largest absolute Gasteiger partial charge is 0.381 e. The van der Waals surface area contributed by atoms with Crippen LogP contribution in [0.2, 0.25) is 0 Å². The zero-order valence-electron chi connectivity index (χ0n) is 11.9. The average molecular weight is 261 g/mol. The van der Waals surface area contributed by atoms with Gasteiger partial charge >= 0.3 is 0 Å². The lowest BCUT2D eigenvalue weighted by Crippen LogP contribution is -2.48. The number of hydrogen-bond acceptors (Lipinski definition) is 3. The molecule has 0 radical (unpaired) electrons. The second-order valence-corrected chi connectivity index (χ2v) is 5.66. The molecule has 4 nitrogen and oxygen atoms in total. The number of fused-ring (bicyclic) bond motifs is 1. The van der Waals surface area contributed by atoms with Gasteiger partial charge in [-0.05, 0) is 31.4 Å². The zero-order valence-corrected chi connectivity index (χ0v) is 11.9. The van der Waals surface area contributed by atoms with Gasteiger partial charge in [-0.3, -0.25) is 4.79 Å². The van der Waals surface area contributed by atoms with E-state index in [0.717, 1.165) is 17.8 Å². The Bertz CT molecular complexity index is 445. The molecule has 0 aliphatic carbocycles. The van der Waals surface area contributed by atoms with Crippen molar-refractivity contribution < 1.29 is 4.79 Å². The molecule has 0 saturated heterocycles. The van der Waals surface area contributed by atoms with E-state index in [1.165, 1.54) is 0 Å². The van der Waals surface area contributed by atoms with Gasteiger partial charge in [-0.25, -0.2) is 0 Å². The second-order valence-electron chi connectivity index (χ2n) is 5.66. The number of nitrogens with one attached hydrogen (secondary N) is 3. The fourth-order valence-corrected chi connectivity index (χ4v) is 2.48. The summed E-state index contributed by atoms with van der Waals surface area (Å²) in [5, 5.41) is 9.64. The third-order valence-electron chi connectivity index (χ3n) is 3.28. The van der Waals surface area contributed by atoms with Crippen LogP contribution >= 0.6 is 0 Å². The summed E-state index contributed by atoms with van der Waals surface area (Å²) in [7, 11) is 0. The zero-order chi connectivity index (χ0) is 13.8. The van der Waals surface area contributed by atoms with Crippen LogP contribution in [0, 0.1) is 5.92 Å². The molecule has 0 bridgehead atoms. The van der Waals surface area contributed by atoms with Crippen molar-refractivity contribution in [3.8, 4) is 0 Å². The van der Waals surface area contributed by atoms with Crippen molar-refractivity contribution in [1.29, 1.82) is 0 Å². The van der Waals surface area contributed by atoms with E-state index in [2.05, 4.69) is 36.7 Å². The molecule has 2 unspecified atom stereocenters. The highest BCUT2D eigenvalue weighted by Gasteiger charge is 2.24. The molecular weight excluding hydrogens is 238 g/mol. The smallest absolute Gasteiger partial charge is 0.244 e. The van der Waals surface area contributed by atoms with E-state index in [1.54, 1.807) is 0 Å². The van der Waals surface area contributed by atoms with Gasteiger partial charge in [-0.1, -0.05) is 26.0 Å². The van der Waals surface area contributed by atoms with Crippen molar-refractivity contribution in [2.24, 2.45) is 5.92 Å². The average Bonchev–Trinajstić information content (AvgIpc) is 2.37. The SMILES string of the molecule is CC(C)CC(C)NC(=O)C1CNc2ccccc2N1. The van der Waals surface area contributed by atoms with E-state index in [0.29, 0.717) is 12.5 Å². The molecule has 1 aliphatic rings. The number of carbonyl (C=O) groups excluding carboxylic acids is 1. The topological polar surface area (TPSA) is 53.2 Å². The van der Waals surface area contributed by atoms with Gasteiger partial charge in [0, 0.05) is 12.6 Å². The number of hydrogen-bond donors (Lipinski definition) is 3. The number of rotatable bonds is 4. The fraction of sp³-hybridized carbons (Fsp3) is 0.533. The highest BCUT2D eigenvalue weighted by atomic mass is 16.2. The van der Waals surface area contributed by atoms with Crippen molar-refractivity contribution in [1.82, 2.24) is 5.32 Å². The maximum atomic E-state index is 12.2. The number of benzene rings is 1. The van der Waals surface area contributed by atoms with E-state index in [4.69, 9.17) is 0 Å². The maximum absolute atomic E-state index is 12.2. The summed E-state index contributed by atoms with van der Waals surface area (Å²) in [6.45, 7) is 7.01. The van der Waals surface area contributed by atoms with Crippen molar-refractivity contribution in [2.75, 3.05) is 17.2 Å². The van der Waals surface area contributed by atoms with Gasteiger partial charge in [0.1, 0.15) is 6.04 Å². The molecular formula is C15H23N3O. The minimum absolute atomic E-state index is 0.0650. The molecule has 2 atom stereocenters. The van der Waals surface area contributed by atoms with E-state index in [-0.39, 0.29) is 18.0 Å². The Labute approximate surface area is 115 Å². The predicted octanol–water partition coefficient (Wildman–Crippen LogP) is 2.44. The quantitative estimate of drug-likeness (QED) is 0.780. The first-order valence-electron chi connectivity index (χ1n) is 6.96. The van der Waals surface area contributed by atoms with Gasteiger partial charge in [-0.15, -0.1) is 0 Å². The minimum atomic E-state index is -0.204. The first kappa shape index (κ1) is 13.7. The Morgan fingerprint density at radius 2 is 2.00 bits per heavy atom. The molecule has 2 rings (SSSR count). The van der Waals surface area contributed by atoms with Gasteiger partial charge in [-0.2, -0.15) is 0 Å². The highest BCUT2D eigenvalue weighted by molar-refractivity contribution is 5.88. The van der Waals surface area contributed by atoms with Crippen molar-refractivity contribution in [3.05, 3.63) is 24.3 Å². The Morgan fingerprint density at radius 1 is 1.32 bits per heavy atom. The number of anilines is 2. The molecule has 0 spiro atoms. The lowest BCUT2D eigenvalue weighted by atomic mass is 10.0. The molecule has 1 aliphatic heterocycles. The van der Waals surface area contributed by atoms with Gasteiger partial charge in [0.05, 0.1) is 11.4 Å². The molecule has 0 aromatic heterocycles. The van der Waals surface area contributed by atoms with Crippen molar-refractivity contribution >= 4 is 17.3 Å². The van der Waals surface area contributed by atoms with Crippen molar-refractivity contribution in [3.63, 3.8) is 0 Å². The summed E-state index contributed by atoms with van der Waals surface area (Å²) >= 11 is 0. The third kappa shape index (κ3) is 3.63. The summed E-state index contributed by atoms with van der Waals surface area (Å²) in [5.41, 5.74) is 2.05. The van der Waals surface area contributed by atoms with Gasteiger partial charge < -0.3 is 16.0 Å². The summed E-state index contributed by atoms with van der Waals surface area (Å²) < 4.78 is 0. The van der Waals surface area contributed by atoms with E-state index in [1.807, 2.05) is 24.3 Å². The molecule has 1 aromatic carbocycles. The van der Waals surface area contributed by atoms with Crippen LogP contribution in [-0.4, -0.2) is 24.5 Å². The summed E-state index contributed by atoms with van der Waals surface area (Å²) in [6.07, 6.45) is 1.00. The molecule has 1 heterocycles. The van der Waals surface area contributed by atoms with Crippen LogP contribution in [0.4, 0.5) is 11.4 Å². The lowest BCUT2D eigenvalue weighted by Gasteiger charge is -2.28. The van der Waals surface area contributed by atoms with Gasteiger partial charge in [0.15, 0.2) is 0 Å². The van der Waals surface area contributed by atoms with Crippen LogP contribution in [0.15, 0.2) is 24.3 Å². The molecule has 4 heteroatoms. The Hall–Kier alpha value is -1.71. The molecule has 3 N–H and O–H groups in total. The molecule has 0 fully saturated rings. The highest BCUT2D eigenvalue weighted by Crippen LogP contribution is 2.25. The Kier molecular flexibility index (Phi) is 4.30. The van der Waals surface area contributed by atoms with Crippen LogP contribution < -0.4 is 16.0 Å². The lowest BCUT2D eigenvalue weighted by molar-refractivity contribution is -0.122. The van der Waals surface area contributed by atoms with Crippen LogP contribution in [0.5, 0.6) is 0 Å². The Morgan fingerprint density at radius 3 is 2.68 bits per heavy atom. The summed E-state index contributed by atoms with van der Waals surface area (Å²) in [4.78, 5) is 12.2. The van der Waals surface area contributed by atoms with Gasteiger partial charge in [0.25, 0.3) is 0 Å². The third-order valence-corrected chi connectivity index (χ3v) is 3.28. The molecule has 0 saturated carbocycles. The number of amides is 1. The van der Waals surface area contributed by atoms with Crippen LogP contribution in [0.25, 0.3) is 0 Å². The first-order valence-corrected chi connectivity index (χ1v) is 6.96. The van der Waals surface area contributed by atoms with Crippen molar-refractivity contribution in [2.45, 2.75) is 39.3 Å². The van der Waals surface area contributed by atoms with Gasteiger partial charge in [0.2, 0.25) is 5.91 Å². The molecule has 1 amide bonds. The van der Waals surface area contributed by atoms with E-state index in [9.17, 15) is 4.79 Å². The fourth-order valence-electron chi connectivity index (χ4n) is 2.48. The van der Waals surface area contributed by atoms with E-state index < -0.39 is 0 Å². The second kappa shape index (κ2) is 5.95. The summed E-state index contributed by atoms with van der Waals surface area (Å²) in [6, 6.07) is 7.96. The number of para-hydroxylation sites is 2. The monoisotopic (exact) mass is 261 g/mol. The summed E-state index contributed by atoms with van der Waals surface area (Å²) in [5.74, 6) is 0.656. The molecule has 1 aromatic rings. The standard InChI is InChI=1S/C15H23N3O/c1-10(2)8-11(3)17-15(19)14-9-16-12-6-4-5-7-13(12)18-14/h4-7,10-11,14,16,18H,8-9H2,1-3H3,(H,17,19). The number of carbonyl (C=O) groups is 1. The minimum Gasteiger partial charge on any atom is -0.381 e. The van der Waals surface area contributed by atoms with Crippen LogP contribution in [0.3, 0.4) is 0 Å². The predicted molar refractivity (Wildman–Crippen MR) is 79.4 cm³/mol. The molecule has 104 valence electrons. The van der Waals surface area contributed by atoms with Crippen LogP contribution in [-0.2, 0) is 4.79 Å². The first-order chi connectivity index (χ1) is 9.06. The maximum Gasteiger partial charge on any atom is 0.244 e. The van der Waals surface area contributed by atoms with Crippen LogP contribution in [0.1, 0.15) is 27.2 Å². The Balaban J connectivity index is 1.92.